The molecule has 1 heterocycles. The van der Waals surface area contributed by atoms with Crippen LogP contribution in [0.3, 0.4) is 0 Å². The van der Waals surface area contributed by atoms with Crippen molar-refractivity contribution in [2.45, 2.75) is 44.8 Å². The largest absolute Gasteiger partial charge is 0.493 e. The first-order valence-corrected chi connectivity index (χ1v) is 11.5. The van der Waals surface area contributed by atoms with E-state index in [9.17, 15) is 9.59 Å². The lowest BCUT2D eigenvalue weighted by molar-refractivity contribution is -0.150. The molecule has 1 aliphatic rings. The zero-order chi connectivity index (χ0) is 24.3. The molecule has 1 aliphatic heterocycles. The van der Waals surface area contributed by atoms with E-state index in [0.29, 0.717) is 43.1 Å². The molecule has 34 heavy (non-hydrogen) atoms. The van der Waals surface area contributed by atoms with Gasteiger partial charge in [-0.1, -0.05) is 30.3 Å². The van der Waals surface area contributed by atoms with Crippen LogP contribution in [0.5, 0.6) is 17.2 Å². The third-order valence-electron chi connectivity index (χ3n) is 5.79. The maximum Gasteiger partial charge on any atom is 0.410 e. The minimum absolute atomic E-state index is 0.173. The Morgan fingerprint density at radius 2 is 1.62 bits per heavy atom. The Labute approximate surface area is 200 Å². The van der Waals surface area contributed by atoms with E-state index in [2.05, 4.69) is 0 Å². The minimum Gasteiger partial charge on any atom is -0.493 e. The number of piperidine rings is 1. The zero-order valence-corrected chi connectivity index (χ0v) is 20.1. The van der Waals surface area contributed by atoms with Crippen molar-refractivity contribution < 1.29 is 33.3 Å². The summed E-state index contributed by atoms with van der Waals surface area (Å²) in [6.45, 7) is 0.907. The van der Waals surface area contributed by atoms with Gasteiger partial charge in [0.25, 0.3) is 0 Å². The first kappa shape index (κ1) is 25.2. The summed E-state index contributed by atoms with van der Waals surface area (Å²) in [6, 6.07) is 12.6. The molecule has 1 saturated heterocycles. The van der Waals surface area contributed by atoms with Gasteiger partial charge in [-0.3, -0.25) is 4.90 Å². The second-order valence-electron chi connectivity index (χ2n) is 8.05. The molecule has 0 bridgehead atoms. The molecule has 2 aromatic rings. The number of hydrogen-bond donors (Lipinski definition) is 0. The number of carbonyl (C=O) groups excluding carboxylic acids is 2. The Morgan fingerprint density at radius 1 is 0.912 bits per heavy atom. The number of benzene rings is 2. The Morgan fingerprint density at radius 3 is 2.26 bits per heavy atom. The predicted octanol–water partition coefficient (Wildman–Crippen LogP) is 4.38. The van der Waals surface area contributed by atoms with E-state index in [4.69, 9.17) is 23.7 Å². The van der Waals surface area contributed by atoms with Crippen LogP contribution in [0.15, 0.2) is 42.5 Å². The Hall–Kier alpha value is -3.42. The standard InChI is InChI=1S/C26H33NO7/c1-30-22-16-20(17-23(31-2)24(22)32-3)12-9-15-33-25(28)21-13-7-8-14-27(21)26(29)34-18-19-10-5-4-6-11-19/h4-6,10-11,16-17,21H,7-9,12-15,18H2,1-3H3. The summed E-state index contributed by atoms with van der Waals surface area (Å²) in [6.07, 6.45) is 3.08. The second-order valence-corrected chi connectivity index (χ2v) is 8.05. The molecule has 8 heteroatoms. The van der Waals surface area contributed by atoms with E-state index in [-0.39, 0.29) is 19.2 Å². The van der Waals surface area contributed by atoms with Gasteiger partial charge in [-0.15, -0.1) is 0 Å². The van der Waals surface area contributed by atoms with Gasteiger partial charge in [-0.25, -0.2) is 9.59 Å². The summed E-state index contributed by atoms with van der Waals surface area (Å²) in [7, 11) is 4.71. The van der Waals surface area contributed by atoms with Crippen molar-refractivity contribution in [1.82, 2.24) is 4.90 Å². The van der Waals surface area contributed by atoms with Gasteiger partial charge >= 0.3 is 12.1 Å². The third-order valence-corrected chi connectivity index (χ3v) is 5.79. The molecule has 3 rings (SSSR count). The van der Waals surface area contributed by atoms with Crippen LogP contribution >= 0.6 is 0 Å². The molecule has 2 aromatic carbocycles. The smallest absolute Gasteiger partial charge is 0.410 e. The van der Waals surface area contributed by atoms with Crippen molar-refractivity contribution in [3.8, 4) is 17.2 Å². The molecule has 0 radical (unpaired) electrons. The monoisotopic (exact) mass is 471 g/mol. The van der Waals surface area contributed by atoms with Gasteiger partial charge in [0.2, 0.25) is 5.75 Å². The van der Waals surface area contributed by atoms with Gasteiger partial charge in [0.05, 0.1) is 27.9 Å². The molecule has 0 N–H and O–H groups in total. The maximum atomic E-state index is 12.8. The Kier molecular flexibility index (Phi) is 9.43. The molecule has 0 spiro atoms. The minimum atomic E-state index is -0.613. The molecule has 1 fully saturated rings. The van der Waals surface area contributed by atoms with E-state index >= 15 is 0 Å². The first-order chi connectivity index (χ1) is 16.6. The SMILES string of the molecule is COc1cc(CCCOC(=O)C2CCCCN2C(=O)OCc2ccccc2)cc(OC)c1OC. The van der Waals surface area contributed by atoms with E-state index in [1.807, 2.05) is 42.5 Å². The summed E-state index contributed by atoms with van der Waals surface area (Å²) in [5.41, 5.74) is 1.88. The Balaban J connectivity index is 1.50. The number of hydrogen-bond acceptors (Lipinski definition) is 7. The third kappa shape index (κ3) is 6.56. The summed E-state index contributed by atoms with van der Waals surface area (Å²) >= 11 is 0. The number of carbonyl (C=O) groups is 2. The number of amides is 1. The van der Waals surface area contributed by atoms with Crippen molar-refractivity contribution in [3.63, 3.8) is 0 Å². The average Bonchev–Trinajstić information content (AvgIpc) is 2.89. The lowest BCUT2D eigenvalue weighted by Crippen LogP contribution is -2.48. The molecule has 1 amide bonds. The number of methoxy groups -OCH3 is 3. The van der Waals surface area contributed by atoms with Gasteiger partial charge in [0.15, 0.2) is 11.5 Å². The molecular formula is C26H33NO7. The fourth-order valence-electron chi connectivity index (χ4n) is 4.02. The molecule has 1 unspecified atom stereocenters. The number of nitrogens with zero attached hydrogens (tertiary/aromatic N) is 1. The van der Waals surface area contributed by atoms with Crippen LogP contribution in [-0.2, 0) is 27.3 Å². The topological polar surface area (TPSA) is 83.5 Å². The number of esters is 1. The normalized spacial score (nSPS) is 15.4. The fourth-order valence-corrected chi connectivity index (χ4v) is 4.02. The number of aryl methyl sites for hydroxylation is 1. The van der Waals surface area contributed by atoms with Crippen LogP contribution in [0, 0.1) is 0 Å². The molecule has 1 atom stereocenters. The predicted molar refractivity (Wildman–Crippen MR) is 126 cm³/mol. The molecule has 8 nitrogen and oxygen atoms in total. The van der Waals surface area contributed by atoms with Gasteiger partial charge in [-0.2, -0.15) is 0 Å². The summed E-state index contributed by atoms with van der Waals surface area (Å²) in [5.74, 6) is 1.32. The van der Waals surface area contributed by atoms with Crippen LogP contribution in [0.2, 0.25) is 0 Å². The van der Waals surface area contributed by atoms with Crippen molar-refractivity contribution in [3.05, 3.63) is 53.6 Å². The molecular weight excluding hydrogens is 438 g/mol. The summed E-state index contributed by atoms with van der Waals surface area (Å²) in [4.78, 5) is 26.9. The van der Waals surface area contributed by atoms with Gasteiger partial charge in [0.1, 0.15) is 12.6 Å². The quantitative estimate of drug-likeness (QED) is 0.376. The van der Waals surface area contributed by atoms with Crippen LogP contribution in [0.25, 0.3) is 0 Å². The number of likely N-dealkylation sites (tertiary alicyclic amines) is 1. The Bertz CT molecular complexity index is 922. The summed E-state index contributed by atoms with van der Waals surface area (Å²) in [5, 5.41) is 0. The molecule has 0 saturated carbocycles. The highest BCUT2D eigenvalue weighted by Crippen LogP contribution is 2.38. The highest BCUT2D eigenvalue weighted by atomic mass is 16.6. The van der Waals surface area contributed by atoms with Crippen molar-refractivity contribution >= 4 is 12.1 Å². The van der Waals surface area contributed by atoms with Gasteiger partial charge < -0.3 is 23.7 Å². The number of ether oxygens (including phenoxy) is 5. The lowest BCUT2D eigenvalue weighted by atomic mass is 10.0. The first-order valence-electron chi connectivity index (χ1n) is 11.5. The van der Waals surface area contributed by atoms with Crippen molar-refractivity contribution in [2.75, 3.05) is 34.5 Å². The van der Waals surface area contributed by atoms with Gasteiger partial charge in [-0.05, 0) is 55.4 Å². The van der Waals surface area contributed by atoms with Crippen LogP contribution < -0.4 is 14.2 Å². The zero-order valence-electron chi connectivity index (χ0n) is 20.1. The molecule has 184 valence electrons. The molecule has 0 aromatic heterocycles. The highest BCUT2D eigenvalue weighted by Gasteiger charge is 2.34. The van der Waals surface area contributed by atoms with E-state index in [1.165, 1.54) is 4.90 Å². The van der Waals surface area contributed by atoms with Crippen molar-refractivity contribution in [2.24, 2.45) is 0 Å². The van der Waals surface area contributed by atoms with Crippen LogP contribution in [-0.4, -0.2) is 57.5 Å². The summed E-state index contributed by atoms with van der Waals surface area (Å²) < 4.78 is 27.1. The van der Waals surface area contributed by atoms with Crippen LogP contribution in [0.4, 0.5) is 4.79 Å². The van der Waals surface area contributed by atoms with Crippen LogP contribution in [0.1, 0.15) is 36.8 Å². The lowest BCUT2D eigenvalue weighted by Gasteiger charge is -2.33. The highest BCUT2D eigenvalue weighted by molar-refractivity contribution is 5.81. The van der Waals surface area contributed by atoms with E-state index in [0.717, 1.165) is 24.0 Å². The van der Waals surface area contributed by atoms with E-state index in [1.54, 1.807) is 21.3 Å². The molecule has 0 aliphatic carbocycles. The maximum absolute atomic E-state index is 12.8. The van der Waals surface area contributed by atoms with Gasteiger partial charge in [0, 0.05) is 6.54 Å². The number of rotatable bonds is 10. The van der Waals surface area contributed by atoms with E-state index < -0.39 is 12.1 Å². The average molecular weight is 472 g/mol. The van der Waals surface area contributed by atoms with Crippen molar-refractivity contribution in [1.29, 1.82) is 0 Å². The fraction of sp³-hybridized carbons (Fsp3) is 0.462. The second kappa shape index (κ2) is 12.7.